The number of halogens is 3. The van der Waals surface area contributed by atoms with Crippen molar-refractivity contribution in [1.82, 2.24) is 24.3 Å². The number of rotatable bonds is 4. The van der Waals surface area contributed by atoms with Crippen LogP contribution in [0.25, 0.3) is 16.7 Å². The highest BCUT2D eigenvalue weighted by atomic mass is 19.4. The molecule has 4 aromatic heterocycles. The van der Waals surface area contributed by atoms with Gasteiger partial charge in [0, 0.05) is 23.8 Å². The Morgan fingerprint density at radius 1 is 1.00 bits per heavy atom. The predicted molar refractivity (Wildman–Crippen MR) is 112 cm³/mol. The average Bonchev–Trinajstić information content (AvgIpc) is 3.42. The Kier molecular flexibility index (Phi) is 4.51. The Morgan fingerprint density at radius 2 is 1.78 bits per heavy atom. The number of imidazole rings is 1. The number of benzene rings is 1. The van der Waals surface area contributed by atoms with Gasteiger partial charge in [0.1, 0.15) is 29.1 Å². The summed E-state index contributed by atoms with van der Waals surface area (Å²) in [5.74, 6) is 0.0266. The molecule has 0 aliphatic heterocycles. The van der Waals surface area contributed by atoms with Crippen LogP contribution < -0.4 is 10.6 Å². The van der Waals surface area contributed by atoms with Gasteiger partial charge in [0.25, 0.3) is 5.91 Å². The first-order valence-electron chi connectivity index (χ1n) is 9.40. The third kappa shape index (κ3) is 3.60. The molecule has 0 atom stereocenters. The largest absolute Gasteiger partial charge is 0.434 e. The normalized spacial score (nSPS) is 11.7. The van der Waals surface area contributed by atoms with Gasteiger partial charge in [-0.2, -0.15) is 13.2 Å². The zero-order valence-electron chi connectivity index (χ0n) is 16.2. The molecule has 0 aliphatic carbocycles. The maximum Gasteiger partial charge on any atom is 0.434 e. The molecule has 5 rings (SSSR count). The minimum absolute atomic E-state index is 0.173. The number of hydrogen-bond donors (Lipinski definition) is 3. The standard InChI is InChI=1S/C21H14F3N7O/c22-21(23,24)15-10-31-16(2-1-3-17(31)30-15)28-12-4-6-13(7-5-12)29-20(32)18-14-8-9-25-19(14)27-11-26-18/h1-11,28H,(H,29,32)(H,25,26,27). The maximum atomic E-state index is 13.0. The van der Waals surface area contributed by atoms with Crippen LogP contribution >= 0.6 is 0 Å². The monoisotopic (exact) mass is 437 g/mol. The molecule has 0 aliphatic rings. The van der Waals surface area contributed by atoms with E-state index in [0.717, 1.165) is 6.20 Å². The summed E-state index contributed by atoms with van der Waals surface area (Å²) in [5.41, 5.74) is 1.16. The predicted octanol–water partition coefficient (Wildman–Crippen LogP) is 4.62. The molecule has 11 heteroatoms. The fraction of sp³-hybridized carbons (Fsp3) is 0.0476. The smallest absolute Gasteiger partial charge is 0.346 e. The molecule has 0 radical (unpaired) electrons. The first-order chi connectivity index (χ1) is 15.4. The summed E-state index contributed by atoms with van der Waals surface area (Å²) >= 11 is 0. The molecular weight excluding hydrogens is 423 g/mol. The third-order valence-electron chi connectivity index (χ3n) is 4.77. The van der Waals surface area contributed by atoms with Crippen LogP contribution in [0.15, 0.2) is 67.3 Å². The van der Waals surface area contributed by atoms with Crippen LogP contribution in [-0.4, -0.2) is 30.2 Å². The molecule has 0 bridgehead atoms. The molecule has 0 fully saturated rings. The number of nitrogens with one attached hydrogen (secondary N) is 3. The van der Waals surface area contributed by atoms with Crippen molar-refractivity contribution < 1.29 is 18.0 Å². The van der Waals surface area contributed by atoms with E-state index in [2.05, 4.69) is 30.6 Å². The number of carbonyl (C=O) groups excluding carboxylic acids is 1. The summed E-state index contributed by atoms with van der Waals surface area (Å²) in [6.07, 6.45) is -0.606. The second-order valence-electron chi connectivity index (χ2n) is 6.88. The summed E-state index contributed by atoms with van der Waals surface area (Å²) in [6, 6.07) is 13.2. The fourth-order valence-electron chi connectivity index (χ4n) is 3.28. The molecule has 0 spiro atoms. The van der Waals surface area contributed by atoms with Crippen molar-refractivity contribution in [3.8, 4) is 0 Å². The Bertz CT molecular complexity index is 1440. The van der Waals surface area contributed by atoms with Crippen molar-refractivity contribution in [2.45, 2.75) is 6.18 Å². The number of nitrogens with zero attached hydrogens (tertiary/aromatic N) is 4. The average molecular weight is 437 g/mol. The first-order valence-corrected chi connectivity index (χ1v) is 9.40. The molecule has 32 heavy (non-hydrogen) atoms. The van der Waals surface area contributed by atoms with E-state index in [9.17, 15) is 18.0 Å². The van der Waals surface area contributed by atoms with E-state index in [4.69, 9.17) is 0 Å². The van der Waals surface area contributed by atoms with E-state index in [1.165, 1.54) is 16.8 Å². The van der Waals surface area contributed by atoms with E-state index >= 15 is 0 Å². The van der Waals surface area contributed by atoms with Crippen LogP contribution in [0.1, 0.15) is 16.2 Å². The van der Waals surface area contributed by atoms with Gasteiger partial charge >= 0.3 is 6.18 Å². The minimum atomic E-state index is -4.53. The number of H-pyrrole nitrogens is 1. The van der Waals surface area contributed by atoms with Gasteiger partial charge in [0.2, 0.25) is 0 Å². The van der Waals surface area contributed by atoms with Crippen LogP contribution in [0.3, 0.4) is 0 Å². The Hall–Kier alpha value is -4.41. The third-order valence-corrected chi connectivity index (χ3v) is 4.77. The van der Waals surface area contributed by atoms with Crippen molar-refractivity contribution in [3.63, 3.8) is 0 Å². The number of hydrogen-bond acceptors (Lipinski definition) is 5. The fourth-order valence-corrected chi connectivity index (χ4v) is 3.28. The highest BCUT2D eigenvalue weighted by molar-refractivity contribution is 6.10. The zero-order valence-corrected chi connectivity index (χ0v) is 16.2. The number of anilines is 3. The number of amides is 1. The Morgan fingerprint density at radius 3 is 2.56 bits per heavy atom. The first kappa shape index (κ1) is 19.5. The van der Waals surface area contributed by atoms with Gasteiger partial charge in [-0.25, -0.2) is 15.0 Å². The molecule has 0 unspecified atom stereocenters. The molecule has 8 nitrogen and oxygen atoms in total. The molecule has 4 heterocycles. The van der Waals surface area contributed by atoms with Gasteiger partial charge in [-0.1, -0.05) is 6.07 Å². The lowest BCUT2D eigenvalue weighted by molar-refractivity contribution is -0.140. The molecule has 3 N–H and O–H groups in total. The second-order valence-corrected chi connectivity index (χ2v) is 6.88. The van der Waals surface area contributed by atoms with Crippen LogP contribution in [0, 0.1) is 0 Å². The van der Waals surface area contributed by atoms with Crippen LogP contribution in [0.4, 0.5) is 30.4 Å². The summed E-state index contributed by atoms with van der Waals surface area (Å²) in [4.78, 5) is 27.2. The molecule has 1 aromatic carbocycles. The minimum Gasteiger partial charge on any atom is -0.346 e. The summed E-state index contributed by atoms with van der Waals surface area (Å²) in [6.45, 7) is 0. The highest BCUT2D eigenvalue weighted by Gasteiger charge is 2.34. The lowest BCUT2D eigenvalue weighted by Gasteiger charge is -2.10. The van der Waals surface area contributed by atoms with Gasteiger partial charge < -0.3 is 15.6 Å². The second kappa shape index (κ2) is 7.38. The number of alkyl halides is 3. The van der Waals surface area contributed by atoms with Gasteiger partial charge in [0.15, 0.2) is 5.69 Å². The Labute approximate surface area is 178 Å². The maximum absolute atomic E-state index is 13.0. The van der Waals surface area contributed by atoms with Crippen LogP contribution in [-0.2, 0) is 6.18 Å². The van der Waals surface area contributed by atoms with E-state index in [-0.39, 0.29) is 17.2 Å². The summed E-state index contributed by atoms with van der Waals surface area (Å²) in [5, 5.41) is 6.44. The van der Waals surface area contributed by atoms with E-state index < -0.39 is 11.9 Å². The molecular formula is C21H14F3N7O. The summed E-state index contributed by atoms with van der Waals surface area (Å²) < 4.78 is 40.3. The van der Waals surface area contributed by atoms with Gasteiger partial charge in [0.05, 0.1) is 5.39 Å². The van der Waals surface area contributed by atoms with Gasteiger partial charge in [-0.05, 0) is 42.5 Å². The van der Waals surface area contributed by atoms with Crippen LogP contribution in [0.2, 0.25) is 0 Å². The lowest BCUT2D eigenvalue weighted by Crippen LogP contribution is -2.14. The van der Waals surface area contributed by atoms with Crippen molar-refractivity contribution in [2.24, 2.45) is 0 Å². The topological polar surface area (TPSA) is 100 Å². The highest BCUT2D eigenvalue weighted by Crippen LogP contribution is 2.30. The quantitative estimate of drug-likeness (QED) is 0.381. The van der Waals surface area contributed by atoms with Crippen molar-refractivity contribution in [1.29, 1.82) is 0 Å². The lowest BCUT2D eigenvalue weighted by atomic mass is 10.2. The molecule has 0 saturated carbocycles. The number of fused-ring (bicyclic) bond motifs is 2. The van der Waals surface area contributed by atoms with E-state index in [1.807, 2.05) is 0 Å². The zero-order chi connectivity index (χ0) is 22.3. The molecule has 5 aromatic rings. The van der Waals surface area contributed by atoms with Crippen molar-refractivity contribution in [3.05, 3.63) is 78.6 Å². The molecule has 160 valence electrons. The van der Waals surface area contributed by atoms with Gasteiger partial charge in [-0.3, -0.25) is 9.20 Å². The molecule has 0 saturated heterocycles. The number of aromatic amines is 1. The summed E-state index contributed by atoms with van der Waals surface area (Å²) in [7, 11) is 0. The van der Waals surface area contributed by atoms with E-state index in [0.29, 0.717) is 28.2 Å². The Balaban J connectivity index is 1.35. The number of aromatic nitrogens is 5. The van der Waals surface area contributed by atoms with E-state index in [1.54, 1.807) is 48.7 Å². The van der Waals surface area contributed by atoms with Crippen molar-refractivity contribution in [2.75, 3.05) is 10.6 Å². The van der Waals surface area contributed by atoms with Crippen molar-refractivity contribution >= 4 is 39.8 Å². The SMILES string of the molecule is O=C(Nc1ccc(Nc2cccc3nc(C(F)(F)F)cn23)cc1)c1ncnc2[nH]ccc12. The van der Waals surface area contributed by atoms with Gasteiger partial charge in [-0.15, -0.1) is 0 Å². The number of pyridine rings is 1. The number of carbonyl (C=O) groups is 1. The van der Waals surface area contributed by atoms with Crippen LogP contribution in [0.5, 0.6) is 0 Å². The molecule has 1 amide bonds.